The van der Waals surface area contributed by atoms with Crippen molar-refractivity contribution in [1.29, 1.82) is 0 Å². The summed E-state index contributed by atoms with van der Waals surface area (Å²) in [7, 11) is 4.72. The minimum Gasteiger partial charge on any atom is -0.396 e. The molecule has 1 atom stereocenters. The molecular weight excluding hydrogens is 306 g/mol. The van der Waals surface area contributed by atoms with Crippen molar-refractivity contribution in [2.24, 2.45) is 5.73 Å². The standard InChI is InChI=1S/C11H24O3Si.C6H6.CH5N/c1-5-8-11(12-2)9-6-7-10-15(11,13-3)14-4;1-2-4-6-5-3-1;1-2/h5-10H2,1-4H3;1-6H;2H2,1H3. The zero-order valence-electron chi connectivity index (χ0n) is 15.5. The van der Waals surface area contributed by atoms with Gasteiger partial charge in [0.25, 0.3) is 0 Å². The van der Waals surface area contributed by atoms with Gasteiger partial charge in [-0.1, -0.05) is 62.6 Å². The van der Waals surface area contributed by atoms with Crippen LogP contribution < -0.4 is 5.73 Å². The Labute approximate surface area is 143 Å². The maximum atomic E-state index is 5.83. The summed E-state index contributed by atoms with van der Waals surface area (Å²) in [6.07, 6.45) is 5.70. The first-order valence-electron chi connectivity index (χ1n) is 8.43. The molecule has 23 heavy (non-hydrogen) atoms. The lowest BCUT2D eigenvalue weighted by molar-refractivity contribution is -0.0149. The number of hydrogen-bond donors (Lipinski definition) is 1. The van der Waals surface area contributed by atoms with E-state index in [2.05, 4.69) is 12.7 Å². The van der Waals surface area contributed by atoms with Crippen LogP contribution in [0.4, 0.5) is 0 Å². The monoisotopic (exact) mass is 341 g/mol. The Hall–Kier alpha value is -0.723. The van der Waals surface area contributed by atoms with Gasteiger partial charge in [0.2, 0.25) is 0 Å². The molecule has 1 unspecified atom stereocenters. The van der Waals surface area contributed by atoms with Crippen LogP contribution in [-0.4, -0.2) is 42.2 Å². The Balaban J connectivity index is 0.000000501. The zero-order valence-corrected chi connectivity index (χ0v) is 16.5. The molecule has 0 amide bonds. The molecule has 0 radical (unpaired) electrons. The molecule has 1 fully saturated rings. The fourth-order valence-electron chi connectivity index (χ4n) is 3.31. The fourth-order valence-corrected chi connectivity index (χ4v) is 7.30. The second-order valence-corrected chi connectivity index (χ2v) is 9.20. The summed E-state index contributed by atoms with van der Waals surface area (Å²) in [5.74, 6) is 0. The maximum Gasteiger partial charge on any atom is 0.370 e. The zero-order chi connectivity index (χ0) is 17.6. The van der Waals surface area contributed by atoms with Crippen LogP contribution in [0.1, 0.15) is 39.0 Å². The predicted molar refractivity (Wildman–Crippen MR) is 99.6 cm³/mol. The van der Waals surface area contributed by atoms with E-state index in [0.717, 1.165) is 25.3 Å². The van der Waals surface area contributed by atoms with Gasteiger partial charge in [-0.3, -0.25) is 0 Å². The van der Waals surface area contributed by atoms with Crippen molar-refractivity contribution in [3.63, 3.8) is 0 Å². The smallest absolute Gasteiger partial charge is 0.370 e. The van der Waals surface area contributed by atoms with Crippen LogP contribution in [0.25, 0.3) is 0 Å². The van der Waals surface area contributed by atoms with Crippen molar-refractivity contribution < 1.29 is 13.6 Å². The Kier molecular flexibility index (Phi) is 12.3. The Morgan fingerprint density at radius 2 is 1.39 bits per heavy atom. The molecule has 0 spiro atoms. The SMILES string of the molecule is CCCC1(OC)CCCC[Si]1(OC)OC.CN.c1ccccc1. The summed E-state index contributed by atoms with van der Waals surface area (Å²) in [6, 6.07) is 13.1. The summed E-state index contributed by atoms with van der Waals surface area (Å²) in [6.45, 7) is 2.19. The third-order valence-corrected chi connectivity index (χ3v) is 8.82. The third kappa shape index (κ3) is 6.01. The van der Waals surface area contributed by atoms with Crippen LogP contribution in [0, 0.1) is 0 Å². The number of nitrogens with two attached hydrogens (primary N) is 1. The fraction of sp³-hybridized carbons (Fsp3) is 0.667. The van der Waals surface area contributed by atoms with Crippen LogP contribution in [0.15, 0.2) is 36.4 Å². The average Bonchev–Trinajstić information content (AvgIpc) is 2.66. The molecule has 1 aliphatic rings. The van der Waals surface area contributed by atoms with Gasteiger partial charge < -0.3 is 19.3 Å². The van der Waals surface area contributed by atoms with Gasteiger partial charge >= 0.3 is 8.56 Å². The number of ether oxygens (including phenoxy) is 1. The molecule has 134 valence electrons. The van der Waals surface area contributed by atoms with E-state index in [1.807, 2.05) is 36.4 Å². The van der Waals surface area contributed by atoms with Gasteiger partial charge in [-0.15, -0.1) is 0 Å². The molecule has 1 saturated heterocycles. The maximum absolute atomic E-state index is 5.83. The summed E-state index contributed by atoms with van der Waals surface area (Å²) in [5.41, 5.74) is 4.50. The minimum absolute atomic E-state index is 0.122. The van der Waals surface area contributed by atoms with Crippen LogP contribution >= 0.6 is 0 Å². The van der Waals surface area contributed by atoms with Crippen LogP contribution in [0.2, 0.25) is 6.04 Å². The van der Waals surface area contributed by atoms with Crippen molar-refractivity contribution in [1.82, 2.24) is 0 Å². The highest BCUT2D eigenvalue weighted by Gasteiger charge is 2.58. The predicted octanol–water partition coefficient (Wildman–Crippen LogP) is 3.89. The molecular formula is C18H35NO3Si. The van der Waals surface area contributed by atoms with Gasteiger partial charge in [0.05, 0.1) is 0 Å². The van der Waals surface area contributed by atoms with Gasteiger partial charge in [0.15, 0.2) is 0 Å². The molecule has 5 heteroatoms. The normalized spacial score (nSPS) is 22.2. The quantitative estimate of drug-likeness (QED) is 0.826. The Morgan fingerprint density at radius 3 is 1.74 bits per heavy atom. The first-order valence-corrected chi connectivity index (χ1v) is 10.5. The highest BCUT2D eigenvalue weighted by atomic mass is 28.4. The molecule has 0 bridgehead atoms. The molecule has 0 aliphatic carbocycles. The van der Waals surface area contributed by atoms with E-state index in [1.54, 1.807) is 21.3 Å². The molecule has 2 N–H and O–H groups in total. The molecule has 2 rings (SSSR count). The van der Waals surface area contributed by atoms with Crippen LogP contribution in [0.3, 0.4) is 0 Å². The lowest BCUT2D eigenvalue weighted by atomic mass is 10.1. The van der Waals surface area contributed by atoms with E-state index in [0.29, 0.717) is 0 Å². The second-order valence-electron chi connectivity index (χ2n) is 5.47. The van der Waals surface area contributed by atoms with E-state index in [-0.39, 0.29) is 5.22 Å². The number of benzene rings is 1. The van der Waals surface area contributed by atoms with E-state index in [9.17, 15) is 0 Å². The van der Waals surface area contributed by atoms with E-state index in [4.69, 9.17) is 13.6 Å². The molecule has 1 aliphatic heterocycles. The third-order valence-electron chi connectivity index (χ3n) is 4.40. The van der Waals surface area contributed by atoms with E-state index in [1.165, 1.54) is 19.9 Å². The Morgan fingerprint density at radius 1 is 0.913 bits per heavy atom. The minimum atomic E-state index is -2.15. The molecule has 0 saturated carbocycles. The van der Waals surface area contributed by atoms with Crippen molar-refractivity contribution >= 4 is 8.56 Å². The average molecular weight is 342 g/mol. The highest BCUT2D eigenvalue weighted by molar-refractivity contribution is 6.70. The van der Waals surface area contributed by atoms with Crippen molar-refractivity contribution in [2.45, 2.75) is 50.3 Å². The van der Waals surface area contributed by atoms with Crippen molar-refractivity contribution in [3.8, 4) is 0 Å². The molecule has 4 nitrogen and oxygen atoms in total. The summed E-state index contributed by atoms with van der Waals surface area (Å²) < 4.78 is 17.4. The first kappa shape index (κ1) is 22.3. The number of hydrogen-bond acceptors (Lipinski definition) is 4. The molecule has 1 heterocycles. The van der Waals surface area contributed by atoms with E-state index < -0.39 is 8.56 Å². The first-order chi connectivity index (χ1) is 11.2. The van der Waals surface area contributed by atoms with Crippen LogP contribution in [0.5, 0.6) is 0 Å². The number of rotatable bonds is 5. The second kappa shape index (κ2) is 12.7. The van der Waals surface area contributed by atoms with Crippen LogP contribution in [-0.2, 0) is 13.6 Å². The van der Waals surface area contributed by atoms with Gasteiger partial charge in [-0.2, -0.15) is 0 Å². The highest BCUT2D eigenvalue weighted by Crippen LogP contribution is 2.42. The van der Waals surface area contributed by atoms with Gasteiger partial charge in [-0.25, -0.2) is 0 Å². The molecule has 1 aromatic rings. The van der Waals surface area contributed by atoms with E-state index >= 15 is 0 Å². The molecule has 1 aromatic carbocycles. The van der Waals surface area contributed by atoms with Gasteiger partial charge in [0.1, 0.15) is 5.22 Å². The van der Waals surface area contributed by atoms with Crippen molar-refractivity contribution in [3.05, 3.63) is 36.4 Å². The Bertz CT molecular complexity index is 343. The lowest BCUT2D eigenvalue weighted by Gasteiger charge is -2.47. The van der Waals surface area contributed by atoms with Crippen molar-refractivity contribution in [2.75, 3.05) is 28.4 Å². The van der Waals surface area contributed by atoms with Gasteiger partial charge in [-0.05, 0) is 25.9 Å². The topological polar surface area (TPSA) is 53.7 Å². The largest absolute Gasteiger partial charge is 0.396 e. The molecule has 0 aromatic heterocycles. The number of methoxy groups -OCH3 is 1. The summed E-state index contributed by atoms with van der Waals surface area (Å²) >= 11 is 0. The van der Waals surface area contributed by atoms with Gasteiger partial charge in [0, 0.05) is 21.3 Å². The lowest BCUT2D eigenvalue weighted by Crippen LogP contribution is -2.64. The summed E-state index contributed by atoms with van der Waals surface area (Å²) in [4.78, 5) is 0. The summed E-state index contributed by atoms with van der Waals surface area (Å²) in [5, 5.41) is -0.122.